The Morgan fingerprint density at radius 1 is 0.861 bits per heavy atom. The van der Waals surface area contributed by atoms with E-state index in [-0.39, 0.29) is 5.57 Å². The number of anilines is 1. The Morgan fingerprint density at radius 2 is 1.61 bits per heavy atom. The smallest absolute Gasteiger partial charge is 0.273 e. The molecule has 0 atom stereocenters. The molecule has 5 nitrogen and oxygen atoms in total. The number of nitrogens with one attached hydrogen (secondary N) is 1. The van der Waals surface area contributed by atoms with E-state index in [1.54, 1.807) is 25.1 Å². The Labute approximate surface area is 217 Å². The molecule has 1 fully saturated rings. The quantitative estimate of drug-likeness (QED) is 0.243. The number of rotatable bonds is 4. The van der Waals surface area contributed by atoms with Gasteiger partial charge in [-0.05, 0) is 70.6 Å². The van der Waals surface area contributed by atoms with Crippen molar-refractivity contribution in [3.8, 4) is 0 Å². The number of nitrogens with zero attached hydrogens (tertiary/aromatic N) is 1. The maximum atomic E-state index is 13.6. The molecule has 0 bridgehead atoms. The SMILES string of the molecule is Cc1ccc(Cl)cc1N1C(=O)NC(=O)/C(=C\c2c(Cc3ccccc3Cl)ccc3ccccc23)C1=O. The minimum atomic E-state index is -0.818. The van der Waals surface area contributed by atoms with E-state index in [2.05, 4.69) is 5.32 Å². The van der Waals surface area contributed by atoms with Crippen LogP contribution in [0.3, 0.4) is 0 Å². The van der Waals surface area contributed by atoms with E-state index < -0.39 is 17.8 Å². The summed E-state index contributed by atoms with van der Waals surface area (Å²) in [7, 11) is 0. The number of carbonyl (C=O) groups is 3. The van der Waals surface area contributed by atoms with Crippen molar-refractivity contribution in [2.24, 2.45) is 0 Å². The summed E-state index contributed by atoms with van der Waals surface area (Å²) in [5.74, 6) is -1.47. The number of halogens is 2. The van der Waals surface area contributed by atoms with Gasteiger partial charge in [-0.15, -0.1) is 0 Å². The van der Waals surface area contributed by atoms with E-state index >= 15 is 0 Å². The lowest BCUT2D eigenvalue weighted by molar-refractivity contribution is -0.122. The molecule has 4 aromatic carbocycles. The molecule has 1 saturated heterocycles. The van der Waals surface area contributed by atoms with Crippen LogP contribution in [-0.4, -0.2) is 17.8 Å². The highest BCUT2D eigenvalue weighted by molar-refractivity contribution is 6.40. The third-order valence-corrected chi connectivity index (χ3v) is 6.81. The molecule has 0 unspecified atom stereocenters. The largest absolute Gasteiger partial charge is 0.335 e. The fourth-order valence-electron chi connectivity index (χ4n) is 4.36. The second-order valence-electron chi connectivity index (χ2n) is 8.52. The van der Waals surface area contributed by atoms with Gasteiger partial charge in [-0.1, -0.05) is 83.9 Å². The maximum Gasteiger partial charge on any atom is 0.335 e. The number of aryl methyl sites for hydroxylation is 1. The first-order valence-corrected chi connectivity index (χ1v) is 12.0. The molecule has 36 heavy (non-hydrogen) atoms. The van der Waals surface area contributed by atoms with Gasteiger partial charge in [0.15, 0.2) is 0 Å². The number of hydrogen-bond acceptors (Lipinski definition) is 3. The summed E-state index contributed by atoms with van der Waals surface area (Å²) in [6, 6.07) is 23.3. The van der Waals surface area contributed by atoms with Crippen LogP contribution in [-0.2, 0) is 16.0 Å². The summed E-state index contributed by atoms with van der Waals surface area (Å²) in [6.45, 7) is 1.76. The number of imide groups is 2. The highest BCUT2D eigenvalue weighted by Crippen LogP contribution is 2.31. The van der Waals surface area contributed by atoms with E-state index in [9.17, 15) is 14.4 Å². The van der Waals surface area contributed by atoms with Gasteiger partial charge in [0, 0.05) is 10.0 Å². The molecule has 4 aromatic rings. The van der Waals surface area contributed by atoms with E-state index in [0.717, 1.165) is 26.8 Å². The first-order valence-electron chi connectivity index (χ1n) is 11.2. The third-order valence-electron chi connectivity index (χ3n) is 6.20. The molecule has 1 heterocycles. The van der Waals surface area contributed by atoms with Crippen LogP contribution in [0, 0.1) is 6.92 Å². The lowest BCUT2D eigenvalue weighted by Gasteiger charge is -2.28. The van der Waals surface area contributed by atoms with Crippen molar-refractivity contribution in [1.82, 2.24) is 5.32 Å². The molecule has 7 heteroatoms. The van der Waals surface area contributed by atoms with Crippen molar-refractivity contribution in [3.63, 3.8) is 0 Å². The molecule has 4 amide bonds. The van der Waals surface area contributed by atoms with E-state index in [1.807, 2.05) is 60.7 Å². The number of carbonyl (C=O) groups excluding carboxylic acids is 3. The van der Waals surface area contributed by atoms with Crippen molar-refractivity contribution < 1.29 is 14.4 Å². The molecule has 5 rings (SSSR count). The number of urea groups is 1. The van der Waals surface area contributed by atoms with Crippen molar-refractivity contribution >= 4 is 63.6 Å². The summed E-state index contributed by atoms with van der Waals surface area (Å²) in [5, 5.41) is 5.12. The number of fused-ring (bicyclic) bond motifs is 1. The fraction of sp³-hybridized carbons (Fsp3) is 0.0690. The van der Waals surface area contributed by atoms with Crippen LogP contribution < -0.4 is 10.2 Å². The molecule has 1 aliphatic heterocycles. The normalized spacial score (nSPS) is 15.0. The average Bonchev–Trinajstić information content (AvgIpc) is 2.86. The van der Waals surface area contributed by atoms with Gasteiger partial charge in [-0.2, -0.15) is 0 Å². The molecule has 178 valence electrons. The summed E-state index contributed by atoms with van der Waals surface area (Å²) >= 11 is 12.6. The Kier molecular flexibility index (Phi) is 6.35. The second-order valence-corrected chi connectivity index (χ2v) is 9.36. The van der Waals surface area contributed by atoms with Gasteiger partial charge in [0.05, 0.1) is 5.69 Å². The predicted molar refractivity (Wildman–Crippen MR) is 143 cm³/mol. The van der Waals surface area contributed by atoms with E-state index in [4.69, 9.17) is 23.2 Å². The van der Waals surface area contributed by atoms with Crippen LogP contribution in [0.15, 0.2) is 84.4 Å². The summed E-state index contributed by atoms with van der Waals surface area (Å²) in [5.41, 5.74) is 3.35. The lowest BCUT2D eigenvalue weighted by Crippen LogP contribution is -2.54. The number of benzene rings is 4. The van der Waals surface area contributed by atoms with Crippen LogP contribution in [0.2, 0.25) is 10.0 Å². The van der Waals surface area contributed by atoms with Gasteiger partial charge in [0.25, 0.3) is 11.8 Å². The van der Waals surface area contributed by atoms with Crippen molar-refractivity contribution in [3.05, 3.63) is 117 Å². The molecule has 0 radical (unpaired) electrons. The fourth-order valence-corrected chi connectivity index (χ4v) is 4.73. The Balaban J connectivity index is 1.67. The molecule has 0 aromatic heterocycles. The highest BCUT2D eigenvalue weighted by atomic mass is 35.5. The minimum Gasteiger partial charge on any atom is -0.273 e. The monoisotopic (exact) mass is 514 g/mol. The lowest BCUT2D eigenvalue weighted by atomic mass is 9.92. The van der Waals surface area contributed by atoms with Crippen LogP contribution >= 0.6 is 23.2 Å². The van der Waals surface area contributed by atoms with Gasteiger partial charge in [0.2, 0.25) is 0 Å². The molecule has 0 spiro atoms. The Hall–Kier alpha value is -3.93. The predicted octanol–water partition coefficient (Wildman–Crippen LogP) is 6.71. The second kappa shape index (κ2) is 9.61. The number of hydrogen-bond donors (Lipinski definition) is 1. The van der Waals surface area contributed by atoms with Crippen LogP contribution in [0.1, 0.15) is 22.3 Å². The number of amides is 4. The van der Waals surface area contributed by atoms with Gasteiger partial charge in [-0.3, -0.25) is 14.9 Å². The van der Waals surface area contributed by atoms with Crippen LogP contribution in [0.25, 0.3) is 16.8 Å². The van der Waals surface area contributed by atoms with E-state index in [0.29, 0.717) is 33.3 Å². The molecular formula is C29H20Cl2N2O3. The van der Waals surface area contributed by atoms with Gasteiger partial charge in [0.1, 0.15) is 5.57 Å². The first kappa shape index (κ1) is 23.8. The van der Waals surface area contributed by atoms with Crippen molar-refractivity contribution in [1.29, 1.82) is 0 Å². The van der Waals surface area contributed by atoms with Crippen LogP contribution in [0.4, 0.5) is 10.5 Å². The molecule has 0 aliphatic carbocycles. The highest BCUT2D eigenvalue weighted by Gasteiger charge is 2.37. The van der Waals surface area contributed by atoms with Gasteiger partial charge < -0.3 is 0 Å². The summed E-state index contributed by atoms with van der Waals surface area (Å²) in [6.07, 6.45) is 2.06. The van der Waals surface area contributed by atoms with E-state index in [1.165, 1.54) is 6.07 Å². The van der Waals surface area contributed by atoms with Gasteiger partial charge in [-0.25, -0.2) is 9.69 Å². The minimum absolute atomic E-state index is 0.147. The molecule has 0 saturated carbocycles. The Bertz CT molecular complexity index is 1590. The first-order chi connectivity index (χ1) is 17.3. The topological polar surface area (TPSA) is 66.5 Å². The zero-order valence-corrected chi connectivity index (χ0v) is 20.7. The summed E-state index contributed by atoms with van der Waals surface area (Å²) in [4.78, 5) is 40.2. The molecule has 1 aliphatic rings. The summed E-state index contributed by atoms with van der Waals surface area (Å²) < 4.78 is 0. The van der Waals surface area contributed by atoms with Crippen molar-refractivity contribution in [2.45, 2.75) is 13.3 Å². The zero-order valence-electron chi connectivity index (χ0n) is 19.2. The third kappa shape index (κ3) is 4.39. The van der Waals surface area contributed by atoms with Gasteiger partial charge >= 0.3 is 6.03 Å². The van der Waals surface area contributed by atoms with Crippen molar-refractivity contribution in [2.75, 3.05) is 4.90 Å². The molecule has 1 N–H and O–H groups in total. The standard InChI is InChI=1S/C29H20Cl2N2O3/c1-17-10-13-21(30)15-26(17)33-28(35)24(27(34)32-29(33)36)16-23-19(14-20-7-3-5-9-25(20)31)12-11-18-6-2-4-8-22(18)23/h2-13,15-16H,14H2,1H3,(H,32,34,36)/b24-16+. The molecular weight excluding hydrogens is 495 g/mol. The van der Waals surface area contributed by atoms with Crippen LogP contribution in [0.5, 0.6) is 0 Å². The average molecular weight is 515 g/mol. The number of barbiturate groups is 1. The maximum absolute atomic E-state index is 13.6. The Morgan fingerprint density at radius 3 is 2.42 bits per heavy atom. The zero-order chi connectivity index (χ0) is 25.4.